The maximum Gasteiger partial charge on any atom is 0.253 e. The van der Waals surface area contributed by atoms with Gasteiger partial charge in [0.1, 0.15) is 0 Å². The summed E-state index contributed by atoms with van der Waals surface area (Å²) in [5.41, 5.74) is 0.756. The molecule has 1 aromatic carbocycles. The molecule has 1 saturated carbocycles. The lowest BCUT2D eigenvalue weighted by Gasteiger charge is -2.44. The summed E-state index contributed by atoms with van der Waals surface area (Å²) in [6.07, 6.45) is 8.32. The molecule has 5 nitrogen and oxygen atoms in total. The molecule has 0 unspecified atom stereocenters. The molecule has 3 aliphatic rings. The average Bonchev–Trinajstić information content (AvgIpc) is 3.29. The van der Waals surface area contributed by atoms with E-state index in [1.807, 2.05) is 35.2 Å². The summed E-state index contributed by atoms with van der Waals surface area (Å²) in [6, 6.07) is 9.91. The van der Waals surface area contributed by atoms with Crippen molar-refractivity contribution in [3.05, 3.63) is 35.9 Å². The van der Waals surface area contributed by atoms with Gasteiger partial charge in [-0.05, 0) is 57.1 Å². The Morgan fingerprint density at radius 3 is 2.17 bits per heavy atom. The van der Waals surface area contributed by atoms with Gasteiger partial charge in [0.2, 0.25) is 5.91 Å². The Labute approximate surface area is 175 Å². The molecule has 0 aromatic heterocycles. The Hall–Kier alpha value is -1.88. The molecule has 3 fully saturated rings. The number of rotatable bonds is 4. The van der Waals surface area contributed by atoms with Crippen LogP contribution in [0.2, 0.25) is 0 Å². The Bertz CT molecular complexity index is 693. The first kappa shape index (κ1) is 20.4. The van der Waals surface area contributed by atoms with Gasteiger partial charge >= 0.3 is 0 Å². The molecule has 0 bridgehead atoms. The highest BCUT2D eigenvalue weighted by Gasteiger charge is 2.40. The van der Waals surface area contributed by atoms with E-state index in [4.69, 9.17) is 0 Å². The molecule has 4 rings (SSSR count). The van der Waals surface area contributed by atoms with Crippen molar-refractivity contribution in [2.75, 3.05) is 32.7 Å². The molecule has 1 aliphatic carbocycles. The van der Waals surface area contributed by atoms with Gasteiger partial charge in [-0.3, -0.25) is 14.5 Å². The molecule has 0 spiro atoms. The molecule has 5 heteroatoms. The van der Waals surface area contributed by atoms with Gasteiger partial charge in [0, 0.05) is 44.3 Å². The number of amides is 2. The fourth-order valence-electron chi connectivity index (χ4n) is 5.49. The van der Waals surface area contributed by atoms with Crippen LogP contribution in [-0.4, -0.2) is 71.3 Å². The number of carbonyl (C=O) groups excluding carboxylic acids is 2. The van der Waals surface area contributed by atoms with E-state index in [1.165, 1.54) is 32.1 Å². The third-order valence-electron chi connectivity index (χ3n) is 7.20. The zero-order valence-corrected chi connectivity index (χ0v) is 17.8. The number of benzene rings is 1. The van der Waals surface area contributed by atoms with Gasteiger partial charge in [-0.1, -0.05) is 31.0 Å². The van der Waals surface area contributed by atoms with E-state index in [9.17, 15) is 9.59 Å². The molecular weight excluding hydrogens is 362 g/mol. The summed E-state index contributed by atoms with van der Waals surface area (Å²) < 4.78 is 0. The molecule has 2 saturated heterocycles. The number of likely N-dealkylation sites (tertiary alicyclic amines) is 1. The van der Waals surface area contributed by atoms with Crippen molar-refractivity contribution in [1.29, 1.82) is 0 Å². The van der Waals surface area contributed by atoms with E-state index < -0.39 is 0 Å². The Balaban J connectivity index is 1.44. The van der Waals surface area contributed by atoms with Gasteiger partial charge in [-0.25, -0.2) is 0 Å². The molecule has 29 heavy (non-hydrogen) atoms. The first-order valence-corrected chi connectivity index (χ1v) is 11.5. The highest BCUT2D eigenvalue weighted by Crippen LogP contribution is 2.33. The van der Waals surface area contributed by atoms with Crippen LogP contribution in [-0.2, 0) is 4.79 Å². The Morgan fingerprint density at radius 2 is 1.52 bits per heavy atom. The summed E-state index contributed by atoms with van der Waals surface area (Å²) in [7, 11) is 0. The van der Waals surface area contributed by atoms with Crippen LogP contribution in [0.4, 0.5) is 0 Å². The standard InChI is InChI=1S/C24H35N3O2/c1-19-9-7-8-14-27(19)24(29)22(20-10-5-6-11-20)25-15-17-26(18-16-25)23(28)21-12-3-2-4-13-21/h2-4,12-13,19-20,22H,5-11,14-18H2,1H3/t19-,22-/m1/s1. The summed E-state index contributed by atoms with van der Waals surface area (Å²) in [6.45, 7) is 6.13. The van der Waals surface area contributed by atoms with Gasteiger partial charge in [0.05, 0.1) is 6.04 Å². The molecule has 2 atom stereocenters. The second-order valence-corrected chi connectivity index (χ2v) is 9.06. The van der Waals surface area contributed by atoms with Crippen LogP contribution >= 0.6 is 0 Å². The maximum absolute atomic E-state index is 13.6. The Kier molecular flexibility index (Phi) is 6.53. The van der Waals surface area contributed by atoms with Crippen LogP contribution in [0.3, 0.4) is 0 Å². The van der Waals surface area contributed by atoms with Crippen molar-refractivity contribution in [2.24, 2.45) is 5.92 Å². The minimum Gasteiger partial charge on any atom is -0.339 e. The van der Waals surface area contributed by atoms with E-state index in [0.29, 0.717) is 31.0 Å². The molecule has 2 heterocycles. The van der Waals surface area contributed by atoms with Gasteiger partial charge in [0.15, 0.2) is 0 Å². The normalized spacial score (nSPS) is 25.2. The predicted molar refractivity (Wildman–Crippen MR) is 115 cm³/mol. The van der Waals surface area contributed by atoms with Crippen molar-refractivity contribution in [3.8, 4) is 0 Å². The molecule has 0 radical (unpaired) electrons. The van der Waals surface area contributed by atoms with Crippen LogP contribution in [0.25, 0.3) is 0 Å². The largest absolute Gasteiger partial charge is 0.339 e. The number of hydrogen-bond acceptors (Lipinski definition) is 3. The highest BCUT2D eigenvalue weighted by atomic mass is 16.2. The van der Waals surface area contributed by atoms with Gasteiger partial charge < -0.3 is 9.80 Å². The van der Waals surface area contributed by atoms with E-state index >= 15 is 0 Å². The van der Waals surface area contributed by atoms with Crippen molar-refractivity contribution in [1.82, 2.24) is 14.7 Å². The number of piperazine rings is 1. The van der Waals surface area contributed by atoms with Gasteiger partial charge in [-0.2, -0.15) is 0 Å². The van der Waals surface area contributed by atoms with E-state index in [2.05, 4.69) is 16.7 Å². The first-order chi connectivity index (χ1) is 14.1. The summed E-state index contributed by atoms with van der Waals surface area (Å²) in [5.74, 6) is 0.943. The fraction of sp³-hybridized carbons (Fsp3) is 0.667. The van der Waals surface area contributed by atoms with Crippen LogP contribution in [0.15, 0.2) is 30.3 Å². The van der Waals surface area contributed by atoms with Crippen LogP contribution in [0, 0.1) is 5.92 Å². The monoisotopic (exact) mass is 397 g/mol. The molecule has 0 N–H and O–H groups in total. The van der Waals surface area contributed by atoms with Crippen molar-refractivity contribution < 1.29 is 9.59 Å². The van der Waals surface area contributed by atoms with E-state index in [0.717, 1.165) is 38.0 Å². The topological polar surface area (TPSA) is 43.9 Å². The highest BCUT2D eigenvalue weighted by molar-refractivity contribution is 5.94. The quantitative estimate of drug-likeness (QED) is 0.782. The van der Waals surface area contributed by atoms with Crippen LogP contribution in [0.1, 0.15) is 62.2 Å². The van der Waals surface area contributed by atoms with Crippen molar-refractivity contribution >= 4 is 11.8 Å². The smallest absolute Gasteiger partial charge is 0.253 e. The second-order valence-electron chi connectivity index (χ2n) is 9.06. The number of nitrogens with zero attached hydrogens (tertiary/aromatic N) is 3. The second kappa shape index (κ2) is 9.29. The first-order valence-electron chi connectivity index (χ1n) is 11.5. The molecule has 2 amide bonds. The number of carbonyl (C=O) groups is 2. The van der Waals surface area contributed by atoms with E-state index in [-0.39, 0.29) is 11.9 Å². The molecular formula is C24H35N3O2. The Morgan fingerprint density at radius 1 is 0.862 bits per heavy atom. The molecule has 158 valence electrons. The average molecular weight is 398 g/mol. The summed E-state index contributed by atoms with van der Waals surface area (Å²) >= 11 is 0. The number of hydrogen-bond donors (Lipinski definition) is 0. The van der Waals surface area contributed by atoms with Crippen LogP contribution in [0.5, 0.6) is 0 Å². The zero-order chi connectivity index (χ0) is 20.2. The summed E-state index contributed by atoms with van der Waals surface area (Å²) in [4.78, 5) is 32.9. The minimum atomic E-state index is 0.00651. The van der Waals surface area contributed by atoms with Gasteiger partial charge in [0.25, 0.3) is 5.91 Å². The fourth-order valence-corrected chi connectivity index (χ4v) is 5.49. The summed E-state index contributed by atoms with van der Waals surface area (Å²) in [5, 5.41) is 0. The number of piperidine rings is 1. The lowest BCUT2D eigenvalue weighted by atomic mass is 9.92. The SMILES string of the molecule is C[C@@H]1CCCCN1C(=O)[C@@H](C1CCCC1)N1CCN(C(=O)c2ccccc2)CC1. The van der Waals surface area contributed by atoms with E-state index in [1.54, 1.807) is 0 Å². The van der Waals surface area contributed by atoms with Crippen molar-refractivity contribution in [3.63, 3.8) is 0 Å². The van der Waals surface area contributed by atoms with Crippen molar-refractivity contribution in [2.45, 2.75) is 64.0 Å². The molecule has 1 aromatic rings. The predicted octanol–water partition coefficient (Wildman–Crippen LogP) is 3.40. The third kappa shape index (κ3) is 4.50. The zero-order valence-electron chi connectivity index (χ0n) is 17.8. The lowest BCUT2D eigenvalue weighted by molar-refractivity contribution is -0.143. The molecule has 2 aliphatic heterocycles. The van der Waals surface area contributed by atoms with Gasteiger partial charge in [-0.15, -0.1) is 0 Å². The lowest BCUT2D eigenvalue weighted by Crippen LogP contribution is -2.60. The van der Waals surface area contributed by atoms with Crippen LogP contribution < -0.4 is 0 Å². The minimum absolute atomic E-state index is 0.00651. The maximum atomic E-state index is 13.6. The third-order valence-corrected chi connectivity index (χ3v) is 7.20.